The zero-order chi connectivity index (χ0) is 15.2. The van der Waals surface area contributed by atoms with Crippen molar-refractivity contribution >= 4 is 11.8 Å². The largest absolute Gasteiger partial charge is 0.484 e. The topological polar surface area (TPSA) is 67.4 Å². The van der Waals surface area contributed by atoms with E-state index in [9.17, 15) is 22.8 Å². The van der Waals surface area contributed by atoms with Gasteiger partial charge in [-0.15, -0.1) is 0 Å². The van der Waals surface area contributed by atoms with Crippen LogP contribution in [0.5, 0.6) is 5.75 Å². The summed E-state index contributed by atoms with van der Waals surface area (Å²) < 4.78 is 40.6. The fourth-order valence-corrected chi connectivity index (χ4v) is 1.27. The van der Waals surface area contributed by atoms with Crippen molar-refractivity contribution in [2.75, 3.05) is 20.2 Å². The summed E-state index contributed by atoms with van der Waals surface area (Å²) in [6.07, 6.45) is -4.46. The third kappa shape index (κ3) is 5.59. The van der Waals surface area contributed by atoms with Gasteiger partial charge in [-0.05, 0) is 18.2 Å². The van der Waals surface area contributed by atoms with E-state index in [0.29, 0.717) is 5.56 Å². The summed E-state index contributed by atoms with van der Waals surface area (Å²) in [5.74, 6) is -1.02. The molecule has 20 heavy (non-hydrogen) atoms. The number of halogens is 3. The summed E-state index contributed by atoms with van der Waals surface area (Å²) in [4.78, 5) is 22.5. The molecule has 0 bridgehead atoms. The van der Waals surface area contributed by atoms with Crippen molar-refractivity contribution in [2.45, 2.75) is 6.18 Å². The van der Waals surface area contributed by atoms with Crippen molar-refractivity contribution < 1.29 is 27.5 Å². The summed E-state index contributed by atoms with van der Waals surface area (Å²) >= 11 is 0. The maximum Gasteiger partial charge on any atom is 0.405 e. The van der Waals surface area contributed by atoms with Gasteiger partial charge in [0.05, 0.1) is 0 Å². The van der Waals surface area contributed by atoms with Gasteiger partial charge in [-0.25, -0.2) is 0 Å². The number of amides is 2. The molecule has 2 amide bonds. The van der Waals surface area contributed by atoms with E-state index < -0.39 is 25.2 Å². The van der Waals surface area contributed by atoms with Crippen molar-refractivity contribution in [3.05, 3.63) is 29.8 Å². The molecule has 0 aromatic heterocycles. The monoisotopic (exact) mass is 290 g/mol. The molecule has 0 atom stereocenters. The molecule has 1 aromatic carbocycles. The number of nitrogens with one attached hydrogen (secondary N) is 2. The Morgan fingerprint density at radius 1 is 1.30 bits per heavy atom. The van der Waals surface area contributed by atoms with Crippen LogP contribution in [0.1, 0.15) is 10.4 Å². The van der Waals surface area contributed by atoms with Crippen molar-refractivity contribution in [1.29, 1.82) is 0 Å². The van der Waals surface area contributed by atoms with Gasteiger partial charge in [0.2, 0.25) is 0 Å². The van der Waals surface area contributed by atoms with Gasteiger partial charge >= 0.3 is 6.18 Å². The molecule has 0 radical (unpaired) electrons. The maximum atomic E-state index is 11.9. The van der Waals surface area contributed by atoms with Crippen LogP contribution in [0.15, 0.2) is 24.3 Å². The summed E-state index contributed by atoms with van der Waals surface area (Å²) in [7, 11) is 1.46. The minimum atomic E-state index is -4.46. The molecule has 0 heterocycles. The van der Waals surface area contributed by atoms with Crippen molar-refractivity contribution in [3.8, 4) is 5.75 Å². The Balaban J connectivity index is 2.49. The van der Waals surface area contributed by atoms with E-state index in [2.05, 4.69) is 5.32 Å². The highest BCUT2D eigenvalue weighted by atomic mass is 19.4. The number of carbonyl (C=O) groups excluding carboxylic acids is 2. The molecule has 8 heteroatoms. The van der Waals surface area contributed by atoms with Gasteiger partial charge in [0.1, 0.15) is 12.3 Å². The number of ether oxygens (including phenoxy) is 1. The first kappa shape index (κ1) is 15.8. The highest BCUT2D eigenvalue weighted by molar-refractivity contribution is 5.94. The molecule has 0 spiro atoms. The second-order valence-corrected chi connectivity index (χ2v) is 3.79. The van der Waals surface area contributed by atoms with E-state index in [4.69, 9.17) is 4.74 Å². The summed E-state index contributed by atoms with van der Waals surface area (Å²) in [6, 6.07) is 5.95. The van der Waals surface area contributed by atoms with Crippen LogP contribution < -0.4 is 15.4 Å². The molecule has 0 fully saturated rings. The van der Waals surface area contributed by atoms with Gasteiger partial charge in [0, 0.05) is 12.6 Å². The van der Waals surface area contributed by atoms with E-state index in [-0.39, 0.29) is 11.7 Å². The molecule has 0 saturated heterocycles. The Bertz CT molecular complexity index is 489. The maximum absolute atomic E-state index is 11.9. The van der Waals surface area contributed by atoms with Gasteiger partial charge in [-0.3, -0.25) is 9.59 Å². The highest BCUT2D eigenvalue weighted by Gasteiger charge is 2.27. The zero-order valence-corrected chi connectivity index (χ0v) is 10.6. The molecular weight excluding hydrogens is 277 g/mol. The molecule has 110 valence electrons. The number of benzene rings is 1. The summed E-state index contributed by atoms with van der Waals surface area (Å²) in [5.41, 5.74) is 0.320. The van der Waals surface area contributed by atoms with Gasteiger partial charge in [0.25, 0.3) is 11.8 Å². The Labute approximate surface area is 113 Å². The number of carbonyl (C=O) groups is 2. The van der Waals surface area contributed by atoms with Crippen LogP contribution in [0.2, 0.25) is 0 Å². The van der Waals surface area contributed by atoms with Crippen LogP contribution in [0.4, 0.5) is 13.2 Å². The Kier molecular flexibility index (Phi) is 5.36. The predicted molar refractivity (Wildman–Crippen MR) is 64.4 cm³/mol. The van der Waals surface area contributed by atoms with Gasteiger partial charge in [0.15, 0.2) is 6.61 Å². The predicted octanol–water partition coefficient (Wildman–Crippen LogP) is 1.10. The smallest absolute Gasteiger partial charge is 0.405 e. The van der Waals surface area contributed by atoms with Gasteiger partial charge in [-0.2, -0.15) is 13.2 Å². The second kappa shape index (κ2) is 6.78. The molecule has 0 saturated carbocycles. The van der Waals surface area contributed by atoms with Crippen LogP contribution in [0.3, 0.4) is 0 Å². The Hall–Kier alpha value is -2.25. The molecule has 0 aliphatic heterocycles. The molecule has 2 N–H and O–H groups in total. The lowest BCUT2D eigenvalue weighted by Gasteiger charge is -2.10. The third-order valence-electron chi connectivity index (χ3n) is 2.18. The third-order valence-corrected chi connectivity index (χ3v) is 2.18. The van der Waals surface area contributed by atoms with Crippen LogP contribution in [-0.2, 0) is 4.79 Å². The standard InChI is InChI=1S/C12H13F3N2O3/c1-16-11(19)8-3-2-4-9(5-8)20-6-10(18)17-7-12(13,14)15/h2-5H,6-7H2,1H3,(H,16,19)(H,17,18). The van der Waals surface area contributed by atoms with E-state index in [1.807, 2.05) is 0 Å². The van der Waals surface area contributed by atoms with Gasteiger partial charge < -0.3 is 15.4 Å². The molecular formula is C12H13F3N2O3. The van der Waals surface area contributed by atoms with Crippen LogP contribution in [-0.4, -0.2) is 38.2 Å². The minimum absolute atomic E-state index is 0.216. The van der Waals surface area contributed by atoms with Crippen LogP contribution >= 0.6 is 0 Å². The average Bonchev–Trinajstić information content (AvgIpc) is 2.41. The Morgan fingerprint density at radius 2 is 2.00 bits per heavy atom. The molecule has 0 unspecified atom stereocenters. The highest BCUT2D eigenvalue weighted by Crippen LogP contribution is 2.14. The molecule has 1 rings (SSSR count). The fourth-order valence-electron chi connectivity index (χ4n) is 1.27. The molecule has 1 aromatic rings. The average molecular weight is 290 g/mol. The number of hydrogen-bond donors (Lipinski definition) is 2. The number of hydrogen-bond acceptors (Lipinski definition) is 3. The lowest BCUT2D eigenvalue weighted by atomic mass is 10.2. The van der Waals surface area contributed by atoms with Crippen molar-refractivity contribution in [2.24, 2.45) is 0 Å². The quantitative estimate of drug-likeness (QED) is 0.853. The van der Waals surface area contributed by atoms with Crippen LogP contribution in [0, 0.1) is 0 Å². The fraction of sp³-hybridized carbons (Fsp3) is 0.333. The molecule has 0 aliphatic rings. The summed E-state index contributed by atoms with van der Waals surface area (Å²) in [5, 5.41) is 4.08. The lowest BCUT2D eigenvalue weighted by Crippen LogP contribution is -2.36. The first-order valence-electron chi connectivity index (χ1n) is 5.60. The van der Waals surface area contributed by atoms with E-state index in [0.717, 1.165) is 0 Å². The molecule has 5 nitrogen and oxygen atoms in total. The first-order valence-corrected chi connectivity index (χ1v) is 5.60. The van der Waals surface area contributed by atoms with Crippen molar-refractivity contribution in [1.82, 2.24) is 10.6 Å². The number of alkyl halides is 3. The molecule has 0 aliphatic carbocycles. The van der Waals surface area contributed by atoms with Gasteiger partial charge in [-0.1, -0.05) is 6.07 Å². The van der Waals surface area contributed by atoms with Crippen LogP contribution in [0.25, 0.3) is 0 Å². The normalized spacial score (nSPS) is 10.8. The Morgan fingerprint density at radius 3 is 2.60 bits per heavy atom. The summed E-state index contributed by atoms with van der Waals surface area (Å²) in [6.45, 7) is -1.97. The van der Waals surface area contributed by atoms with E-state index in [1.165, 1.54) is 31.3 Å². The van der Waals surface area contributed by atoms with E-state index >= 15 is 0 Å². The van der Waals surface area contributed by atoms with Crippen molar-refractivity contribution in [3.63, 3.8) is 0 Å². The van der Waals surface area contributed by atoms with E-state index in [1.54, 1.807) is 5.32 Å². The zero-order valence-electron chi connectivity index (χ0n) is 10.6. The first-order chi connectivity index (χ1) is 9.31. The lowest BCUT2D eigenvalue weighted by molar-refractivity contribution is -0.139. The number of rotatable bonds is 5. The minimum Gasteiger partial charge on any atom is -0.484 e. The second-order valence-electron chi connectivity index (χ2n) is 3.79. The SMILES string of the molecule is CNC(=O)c1cccc(OCC(=O)NCC(F)(F)F)c1.